The summed E-state index contributed by atoms with van der Waals surface area (Å²) in [5.41, 5.74) is 0. The molecule has 56 valence electrons. The molecule has 5 heteroatoms. The molecule has 1 rings (SSSR count). The third-order valence-electron chi connectivity index (χ3n) is 0.957. The Bertz CT molecular complexity index is 47.4. The summed E-state index contributed by atoms with van der Waals surface area (Å²) in [5, 5.41) is 3.22. The molecule has 9 heavy (non-hydrogen) atoms. The van der Waals surface area contributed by atoms with E-state index in [0.29, 0.717) is 0 Å². The molecule has 0 aliphatic carbocycles. The minimum atomic E-state index is -3.76. The maximum absolute atomic E-state index is 8.68. The van der Waals surface area contributed by atoms with Gasteiger partial charge in [-0.05, 0) is 29.4 Å². The normalized spacial score (nSPS) is 17.3. The molecule has 2 N–H and O–H groups in total. The summed E-state index contributed by atoms with van der Waals surface area (Å²) < 4.78 is 24.5. The van der Waals surface area contributed by atoms with Gasteiger partial charge in [-0.2, -0.15) is 0 Å². The van der Waals surface area contributed by atoms with Gasteiger partial charge in [-0.1, -0.05) is 0 Å². The van der Waals surface area contributed by atoms with Crippen molar-refractivity contribution in [2.45, 2.75) is 12.8 Å². The molecular weight excluding hydrogens is 237 g/mol. The van der Waals surface area contributed by atoms with Crippen molar-refractivity contribution < 1.29 is 31.4 Å². The van der Waals surface area contributed by atoms with E-state index in [1.807, 2.05) is 0 Å². The van der Waals surface area contributed by atoms with E-state index in [2.05, 4.69) is 5.32 Å². The van der Waals surface area contributed by atoms with Crippen molar-refractivity contribution in [1.29, 1.82) is 0 Å². The molecule has 1 fully saturated rings. The molecule has 0 bridgehead atoms. The Morgan fingerprint density at radius 2 is 1.56 bits per heavy atom. The van der Waals surface area contributed by atoms with Gasteiger partial charge in [0.2, 0.25) is 0 Å². The quantitative estimate of drug-likeness (QED) is 0.418. The van der Waals surface area contributed by atoms with E-state index in [9.17, 15) is 0 Å². The molecule has 0 spiro atoms. The number of nitrogens with one attached hydrogen (secondary N) is 1. The maximum Gasteiger partial charge on any atom is 0.503 e. The van der Waals surface area contributed by atoms with Gasteiger partial charge < -0.3 is 12.2 Å². The van der Waals surface area contributed by atoms with Crippen molar-refractivity contribution in [3.8, 4) is 0 Å². The van der Waals surface area contributed by atoms with Crippen LogP contribution in [0.2, 0.25) is 0 Å². The topological polar surface area (TPSA) is 78.4 Å². The van der Waals surface area contributed by atoms with Crippen LogP contribution in [-0.2, 0) is 0 Å². The van der Waals surface area contributed by atoms with Crippen molar-refractivity contribution in [3.05, 3.63) is 0 Å². The van der Waals surface area contributed by atoms with Crippen LogP contribution in [0.1, 0.15) is 12.8 Å². The maximum atomic E-state index is 8.68. The zero-order chi connectivity index (χ0) is 7.11. The van der Waals surface area contributed by atoms with Gasteiger partial charge in [0.15, 0.2) is 0 Å². The number of hydrogen-bond donors (Lipinski definition) is 2. The van der Waals surface area contributed by atoms with Gasteiger partial charge in [-0.15, -0.1) is 0 Å². The average Bonchev–Trinajstić information content (AvgIpc) is 2.11. The van der Waals surface area contributed by atoms with E-state index in [0.717, 1.165) is 0 Å². The summed E-state index contributed by atoms with van der Waals surface area (Å²) in [7, 11) is 0. The standard InChI is InChI=1S/C4H9N.HIO3/c1-2-4-5-3-1;2-1(3)4/h5H,1-4H2;2H. The molecule has 0 aromatic heterocycles. The molecule has 0 radical (unpaired) electrons. The molecular formula is C4H10INO3. The first-order valence-corrected chi connectivity index (χ1v) is 5.41. The molecule has 1 aliphatic heterocycles. The van der Waals surface area contributed by atoms with E-state index in [-0.39, 0.29) is 0 Å². The van der Waals surface area contributed by atoms with Gasteiger partial charge in [0.25, 0.3) is 0 Å². The van der Waals surface area contributed by atoms with Gasteiger partial charge in [-0.3, -0.25) is 0 Å². The van der Waals surface area contributed by atoms with Crippen LogP contribution in [0.15, 0.2) is 0 Å². The Kier molecular flexibility index (Phi) is 7.11. The van der Waals surface area contributed by atoms with E-state index in [1.54, 1.807) is 0 Å². The number of rotatable bonds is 0. The first-order chi connectivity index (χ1) is 4.23. The molecule has 4 nitrogen and oxygen atoms in total. The highest BCUT2D eigenvalue weighted by Gasteiger charge is 1.93. The van der Waals surface area contributed by atoms with Crippen molar-refractivity contribution >= 4 is 0 Å². The third kappa shape index (κ3) is 11.9. The van der Waals surface area contributed by atoms with Crippen LogP contribution in [0.4, 0.5) is 0 Å². The molecule has 0 unspecified atom stereocenters. The van der Waals surface area contributed by atoms with Crippen molar-refractivity contribution in [3.63, 3.8) is 0 Å². The van der Waals surface area contributed by atoms with Crippen LogP contribution in [0, 0.1) is 0 Å². The molecule has 1 saturated heterocycles. The second-order valence-corrected chi connectivity index (χ2v) is 2.81. The molecule has 0 aromatic rings. The largest absolute Gasteiger partial charge is 0.503 e. The lowest BCUT2D eigenvalue weighted by Crippen LogP contribution is -3.98. The Labute approximate surface area is 62.9 Å². The first kappa shape index (κ1) is 9.57. The number of halogens is 1. The minimum Gasteiger partial charge on any atom is -0.396 e. The van der Waals surface area contributed by atoms with E-state index in [4.69, 9.17) is 10.3 Å². The summed E-state index contributed by atoms with van der Waals surface area (Å²) in [6.45, 7) is 2.50. The molecule has 0 amide bonds. The second-order valence-electron chi connectivity index (χ2n) is 1.66. The predicted octanol–water partition coefficient (Wildman–Crippen LogP) is -5.56. The summed E-state index contributed by atoms with van der Waals surface area (Å²) in [6, 6.07) is 0. The van der Waals surface area contributed by atoms with Crippen LogP contribution in [0.5, 0.6) is 0 Å². The highest BCUT2D eigenvalue weighted by Crippen LogP contribution is 1.90. The lowest BCUT2D eigenvalue weighted by atomic mass is 10.4. The van der Waals surface area contributed by atoms with Gasteiger partial charge in [0, 0.05) is 0 Å². The number of hydrogen-bond acceptors (Lipinski definition) is 4. The zero-order valence-corrected chi connectivity index (χ0v) is 7.13. The highest BCUT2D eigenvalue weighted by atomic mass is 127. The summed E-state index contributed by atoms with van der Waals surface area (Å²) in [5.74, 6) is 0. The van der Waals surface area contributed by atoms with E-state index in [1.165, 1.54) is 25.9 Å². The summed E-state index contributed by atoms with van der Waals surface area (Å²) >= 11 is -3.76. The van der Waals surface area contributed by atoms with Crippen LogP contribution in [-0.4, -0.2) is 16.5 Å². The average molecular weight is 247 g/mol. The molecule has 1 aliphatic rings. The lowest BCUT2D eigenvalue weighted by molar-refractivity contribution is -1.63. The van der Waals surface area contributed by atoms with Crippen LogP contribution in [0.3, 0.4) is 0 Å². The van der Waals surface area contributed by atoms with Crippen LogP contribution in [0.25, 0.3) is 0 Å². The van der Waals surface area contributed by atoms with Crippen molar-refractivity contribution in [1.82, 2.24) is 5.32 Å². The molecule has 0 saturated carbocycles. The Balaban J connectivity index is 0.000000148. The summed E-state index contributed by atoms with van der Waals surface area (Å²) in [4.78, 5) is 0. The Morgan fingerprint density at radius 1 is 1.22 bits per heavy atom. The SMILES string of the molecule is C1CCNC1.[O-][I+2]([O-])O. The molecule has 1 heterocycles. The fraction of sp³-hybridized carbons (Fsp3) is 1.00. The van der Waals surface area contributed by atoms with Crippen molar-refractivity contribution in [2.75, 3.05) is 13.1 Å². The van der Waals surface area contributed by atoms with Gasteiger partial charge >= 0.3 is 21.1 Å². The molecule has 0 atom stereocenters. The zero-order valence-electron chi connectivity index (χ0n) is 4.97. The van der Waals surface area contributed by atoms with Gasteiger partial charge in [0.05, 0.1) is 0 Å². The van der Waals surface area contributed by atoms with Crippen LogP contribution >= 0.6 is 0 Å². The smallest absolute Gasteiger partial charge is 0.396 e. The summed E-state index contributed by atoms with van der Waals surface area (Å²) in [6.07, 6.45) is 2.78. The van der Waals surface area contributed by atoms with Crippen molar-refractivity contribution in [2.24, 2.45) is 0 Å². The molecule has 0 aromatic carbocycles. The highest BCUT2D eigenvalue weighted by molar-refractivity contribution is 4.55. The third-order valence-corrected chi connectivity index (χ3v) is 0.957. The fourth-order valence-electron chi connectivity index (χ4n) is 0.625. The Morgan fingerprint density at radius 3 is 1.67 bits per heavy atom. The van der Waals surface area contributed by atoms with E-state index >= 15 is 0 Å². The van der Waals surface area contributed by atoms with Gasteiger partial charge in [0.1, 0.15) is 0 Å². The second kappa shape index (κ2) is 6.69. The lowest BCUT2D eigenvalue weighted by Gasteiger charge is -1.76. The monoisotopic (exact) mass is 247 g/mol. The predicted molar refractivity (Wildman–Crippen MR) is 24.3 cm³/mol. The van der Waals surface area contributed by atoms with Gasteiger partial charge in [-0.25, -0.2) is 0 Å². The fourth-order valence-corrected chi connectivity index (χ4v) is 0.625. The minimum absolute atomic E-state index is 1.25. The van der Waals surface area contributed by atoms with Crippen LogP contribution < -0.4 is 33.3 Å². The van der Waals surface area contributed by atoms with E-state index < -0.39 is 21.1 Å². The first-order valence-electron chi connectivity index (χ1n) is 2.68. The Hall–Kier alpha value is 0.570.